The molecular weight excluding hydrogens is 260 g/mol. The Morgan fingerprint density at radius 2 is 2.30 bits per heavy atom. The number of terminal acetylenes is 1. The fraction of sp³-hybridized carbons (Fsp3) is 0.214. The second-order valence-electron chi connectivity index (χ2n) is 3.78. The smallest absolute Gasteiger partial charge is 0.328 e. The highest BCUT2D eigenvalue weighted by Gasteiger charge is 2.06. The van der Waals surface area contributed by atoms with Crippen LogP contribution in [0.4, 0.5) is 0 Å². The van der Waals surface area contributed by atoms with E-state index in [1.54, 1.807) is 19.1 Å². The van der Waals surface area contributed by atoms with Gasteiger partial charge in [-0.3, -0.25) is 4.79 Å². The number of aromatic nitrogens is 1. The number of pyridine rings is 1. The summed E-state index contributed by atoms with van der Waals surface area (Å²) in [5.74, 6) is 1.14. The van der Waals surface area contributed by atoms with Gasteiger partial charge in [0.2, 0.25) is 0 Å². The number of ether oxygens (including phenoxy) is 1. The molecule has 0 saturated carbocycles. The molecule has 0 fully saturated rings. The van der Waals surface area contributed by atoms with Crippen molar-refractivity contribution in [3.05, 3.63) is 29.6 Å². The maximum atomic E-state index is 11.4. The number of hydrogen-bond acceptors (Lipinski definition) is 4. The normalized spacial score (nSPS) is 10.0. The van der Waals surface area contributed by atoms with Gasteiger partial charge in [-0.15, -0.1) is 6.42 Å². The van der Waals surface area contributed by atoms with Crippen LogP contribution in [0.1, 0.15) is 11.4 Å². The summed E-state index contributed by atoms with van der Waals surface area (Å²) < 4.78 is 5.30. The lowest BCUT2D eigenvalue weighted by molar-refractivity contribution is -0.131. The number of aryl methyl sites for hydroxylation is 1. The molecule has 1 heterocycles. The number of hydrogen-bond donors (Lipinski definition) is 2. The summed E-state index contributed by atoms with van der Waals surface area (Å²) in [5, 5.41) is 11.1. The van der Waals surface area contributed by atoms with E-state index < -0.39 is 5.97 Å². The van der Waals surface area contributed by atoms with Crippen LogP contribution in [-0.2, 0) is 9.59 Å². The van der Waals surface area contributed by atoms with Crippen molar-refractivity contribution in [2.45, 2.75) is 6.92 Å². The second-order valence-corrected chi connectivity index (χ2v) is 3.78. The summed E-state index contributed by atoms with van der Waals surface area (Å²) in [7, 11) is 0. The summed E-state index contributed by atoms with van der Waals surface area (Å²) >= 11 is 0. The van der Waals surface area contributed by atoms with Crippen molar-refractivity contribution in [2.24, 2.45) is 0 Å². The van der Waals surface area contributed by atoms with Crippen LogP contribution in [0.25, 0.3) is 6.08 Å². The van der Waals surface area contributed by atoms with Crippen LogP contribution < -0.4 is 10.1 Å². The highest BCUT2D eigenvalue weighted by atomic mass is 16.5. The Bertz CT molecular complexity index is 573. The zero-order chi connectivity index (χ0) is 15.0. The van der Waals surface area contributed by atoms with Gasteiger partial charge in [-0.2, -0.15) is 0 Å². The van der Waals surface area contributed by atoms with Gasteiger partial charge in [-0.25, -0.2) is 9.78 Å². The van der Waals surface area contributed by atoms with Crippen molar-refractivity contribution in [2.75, 3.05) is 13.2 Å². The third-order valence-corrected chi connectivity index (χ3v) is 2.16. The fourth-order valence-corrected chi connectivity index (χ4v) is 1.30. The summed E-state index contributed by atoms with van der Waals surface area (Å²) in [6.45, 7) is 1.67. The minimum atomic E-state index is -1.09. The number of carboxylic acid groups (broad SMARTS) is 1. The van der Waals surface area contributed by atoms with E-state index in [0.717, 1.165) is 6.08 Å². The van der Waals surface area contributed by atoms with Gasteiger partial charge in [0.15, 0.2) is 6.61 Å². The molecule has 104 valence electrons. The van der Waals surface area contributed by atoms with Crippen LogP contribution in [0.15, 0.2) is 18.2 Å². The quantitative estimate of drug-likeness (QED) is 0.586. The Morgan fingerprint density at radius 3 is 2.95 bits per heavy atom. The van der Waals surface area contributed by atoms with Crippen LogP contribution in [0.2, 0.25) is 0 Å². The molecule has 6 heteroatoms. The molecule has 0 atom stereocenters. The number of nitrogens with one attached hydrogen (secondary N) is 1. The topological polar surface area (TPSA) is 88.5 Å². The summed E-state index contributed by atoms with van der Waals surface area (Å²) in [6, 6.07) is 3.32. The number of rotatable bonds is 6. The average molecular weight is 274 g/mol. The first-order chi connectivity index (χ1) is 9.52. The molecule has 0 unspecified atom stereocenters. The lowest BCUT2D eigenvalue weighted by Gasteiger charge is -2.08. The first kappa shape index (κ1) is 15.2. The van der Waals surface area contributed by atoms with E-state index in [0.29, 0.717) is 17.1 Å². The van der Waals surface area contributed by atoms with Crippen LogP contribution >= 0.6 is 0 Å². The molecule has 1 rings (SSSR count). The molecule has 20 heavy (non-hydrogen) atoms. The molecule has 1 aromatic rings. The standard InChI is InChI=1S/C14H14N2O4/c1-3-8-15-13(17)9-20-12-6-4-10(2)16-11(12)5-7-14(18)19/h1,4-7H,8-9H2,2H3,(H,15,17)(H,18,19). The Morgan fingerprint density at radius 1 is 1.55 bits per heavy atom. The van der Waals surface area contributed by atoms with E-state index >= 15 is 0 Å². The number of aliphatic carboxylic acids is 1. The van der Waals surface area contributed by atoms with Gasteiger partial charge in [0.05, 0.1) is 6.54 Å². The average Bonchev–Trinajstić information content (AvgIpc) is 2.41. The van der Waals surface area contributed by atoms with Crippen molar-refractivity contribution in [1.82, 2.24) is 10.3 Å². The molecule has 2 N–H and O–H groups in total. The number of carbonyl (C=O) groups is 2. The monoisotopic (exact) mass is 274 g/mol. The van der Waals surface area contributed by atoms with E-state index in [-0.39, 0.29) is 19.1 Å². The Hall–Kier alpha value is -2.81. The zero-order valence-electron chi connectivity index (χ0n) is 10.9. The number of nitrogens with zero attached hydrogens (tertiary/aromatic N) is 1. The highest BCUT2D eigenvalue weighted by molar-refractivity contribution is 5.85. The number of carboxylic acids is 1. The van der Waals surface area contributed by atoms with Gasteiger partial charge in [-0.05, 0) is 25.1 Å². The Labute approximate surface area is 116 Å². The number of carbonyl (C=O) groups excluding carboxylic acids is 1. The Kier molecular flexibility index (Phi) is 5.78. The minimum absolute atomic E-state index is 0.125. The van der Waals surface area contributed by atoms with Crippen LogP contribution in [-0.4, -0.2) is 35.1 Å². The molecule has 0 aliphatic heterocycles. The summed E-state index contributed by atoms with van der Waals surface area (Å²) in [4.78, 5) is 26.0. The first-order valence-electron chi connectivity index (χ1n) is 5.74. The molecule has 0 aliphatic rings. The third-order valence-electron chi connectivity index (χ3n) is 2.16. The third kappa shape index (κ3) is 5.23. The predicted octanol–water partition coefficient (Wildman–Crippen LogP) is 0.616. The zero-order valence-corrected chi connectivity index (χ0v) is 10.9. The molecular formula is C14H14N2O4. The minimum Gasteiger partial charge on any atom is -0.482 e. The van der Waals surface area contributed by atoms with E-state index in [9.17, 15) is 9.59 Å². The van der Waals surface area contributed by atoms with E-state index in [1.165, 1.54) is 6.08 Å². The molecule has 0 radical (unpaired) electrons. The molecule has 0 saturated heterocycles. The van der Waals surface area contributed by atoms with Gasteiger partial charge in [0.1, 0.15) is 11.4 Å². The highest BCUT2D eigenvalue weighted by Crippen LogP contribution is 2.18. The molecule has 0 bridgehead atoms. The molecule has 0 aromatic carbocycles. The molecule has 0 aliphatic carbocycles. The van der Waals surface area contributed by atoms with E-state index in [2.05, 4.69) is 16.2 Å². The predicted molar refractivity (Wildman–Crippen MR) is 73.0 cm³/mol. The molecule has 1 aromatic heterocycles. The molecule has 6 nitrogen and oxygen atoms in total. The van der Waals surface area contributed by atoms with Gasteiger partial charge in [0.25, 0.3) is 5.91 Å². The molecule has 1 amide bonds. The SMILES string of the molecule is C#CCNC(=O)COc1ccc(C)nc1C=CC(=O)O. The number of amides is 1. The van der Waals surface area contributed by atoms with Crippen molar-refractivity contribution >= 4 is 18.0 Å². The fourth-order valence-electron chi connectivity index (χ4n) is 1.30. The van der Waals surface area contributed by atoms with Crippen molar-refractivity contribution in [1.29, 1.82) is 0 Å². The van der Waals surface area contributed by atoms with Crippen molar-refractivity contribution in [3.63, 3.8) is 0 Å². The van der Waals surface area contributed by atoms with Crippen LogP contribution in [0.5, 0.6) is 5.75 Å². The lowest BCUT2D eigenvalue weighted by Crippen LogP contribution is -2.29. The summed E-state index contributed by atoms with van der Waals surface area (Å²) in [5.41, 5.74) is 1.05. The van der Waals surface area contributed by atoms with Crippen molar-refractivity contribution in [3.8, 4) is 18.1 Å². The molecule has 0 spiro atoms. The van der Waals surface area contributed by atoms with Crippen molar-refractivity contribution < 1.29 is 19.4 Å². The van der Waals surface area contributed by atoms with E-state index in [1.807, 2.05) is 0 Å². The van der Waals surface area contributed by atoms with Crippen LogP contribution in [0.3, 0.4) is 0 Å². The van der Waals surface area contributed by atoms with E-state index in [4.69, 9.17) is 16.3 Å². The van der Waals surface area contributed by atoms with Crippen LogP contribution in [0, 0.1) is 19.3 Å². The Balaban J connectivity index is 2.76. The maximum absolute atomic E-state index is 11.4. The lowest BCUT2D eigenvalue weighted by atomic mass is 10.2. The maximum Gasteiger partial charge on any atom is 0.328 e. The first-order valence-corrected chi connectivity index (χ1v) is 5.74. The second kappa shape index (κ2) is 7.59. The van der Waals surface area contributed by atoms with Gasteiger partial charge in [-0.1, -0.05) is 5.92 Å². The van der Waals surface area contributed by atoms with Gasteiger partial charge >= 0.3 is 5.97 Å². The van der Waals surface area contributed by atoms with Gasteiger partial charge < -0.3 is 15.2 Å². The van der Waals surface area contributed by atoms with Gasteiger partial charge in [0, 0.05) is 11.8 Å². The summed E-state index contributed by atoms with van der Waals surface area (Å²) in [6.07, 6.45) is 7.27. The largest absolute Gasteiger partial charge is 0.482 e.